The highest BCUT2D eigenvalue weighted by Crippen LogP contribution is 2.43. The first-order valence-corrected chi connectivity index (χ1v) is 7.67. The van der Waals surface area contributed by atoms with Crippen molar-refractivity contribution in [2.24, 2.45) is 0 Å². The van der Waals surface area contributed by atoms with Gasteiger partial charge in [-0.15, -0.1) is 0 Å². The minimum absolute atomic E-state index is 0.171. The van der Waals surface area contributed by atoms with Gasteiger partial charge in [0, 0.05) is 17.0 Å². The van der Waals surface area contributed by atoms with Crippen molar-refractivity contribution in [2.75, 3.05) is 7.11 Å². The van der Waals surface area contributed by atoms with Crippen molar-refractivity contribution in [3.05, 3.63) is 59.0 Å². The quantitative estimate of drug-likeness (QED) is 0.487. The average molecular weight is 352 g/mol. The standard InChI is InChI=1S/C17H11F3O3S/c1-22-11-7-8-12-13(9-11)23-16(21)15(24-17(18,19)20)14(12)10-5-3-2-4-6-10/h2-9H,1H3. The van der Waals surface area contributed by atoms with Crippen LogP contribution < -0.4 is 10.4 Å². The number of thioether (sulfide) groups is 1. The first-order chi connectivity index (χ1) is 11.4. The van der Waals surface area contributed by atoms with Gasteiger partial charge in [-0.2, -0.15) is 13.2 Å². The molecule has 0 saturated carbocycles. The molecular formula is C17H11F3O3S. The van der Waals surface area contributed by atoms with E-state index in [2.05, 4.69) is 0 Å². The van der Waals surface area contributed by atoms with E-state index in [0.29, 0.717) is 16.7 Å². The van der Waals surface area contributed by atoms with Crippen molar-refractivity contribution in [3.63, 3.8) is 0 Å². The molecule has 3 aromatic rings. The van der Waals surface area contributed by atoms with Gasteiger partial charge in [0.2, 0.25) is 0 Å². The van der Waals surface area contributed by atoms with Crippen LogP contribution in [0.5, 0.6) is 5.75 Å². The number of rotatable bonds is 3. The number of ether oxygens (including phenoxy) is 1. The first-order valence-electron chi connectivity index (χ1n) is 6.85. The number of halogens is 3. The minimum atomic E-state index is -4.60. The maximum Gasteiger partial charge on any atom is 0.446 e. The molecule has 0 saturated heterocycles. The Bertz CT molecular complexity index is 933. The molecule has 0 N–H and O–H groups in total. The summed E-state index contributed by atoms with van der Waals surface area (Å²) in [5.74, 6) is 0.445. The zero-order valence-electron chi connectivity index (χ0n) is 12.4. The normalized spacial score (nSPS) is 11.7. The van der Waals surface area contributed by atoms with Gasteiger partial charge < -0.3 is 9.15 Å². The summed E-state index contributed by atoms with van der Waals surface area (Å²) in [5, 5.41) is 0.411. The Hall–Kier alpha value is -2.41. The summed E-state index contributed by atoms with van der Waals surface area (Å²) in [7, 11) is 1.45. The predicted molar refractivity (Wildman–Crippen MR) is 86.4 cm³/mol. The minimum Gasteiger partial charge on any atom is -0.497 e. The molecule has 24 heavy (non-hydrogen) atoms. The van der Waals surface area contributed by atoms with Crippen LogP contribution in [0.1, 0.15) is 0 Å². The van der Waals surface area contributed by atoms with Crippen LogP contribution >= 0.6 is 11.8 Å². The summed E-state index contributed by atoms with van der Waals surface area (Å²) < 4.78 is 48.9. The molecule has 0 amide bonds. The maximum absolute atomic E-state index is 12.9. The lowest BCUT2D eigenvalue weighted by molar-refractivity contribution is -0.0329. The number of methoxy groups -OCH3 is 1. The molecule has 1 aromatic heterocycles. The second-order valence-electron chi connectivity index (χ2n) is 4.87. The summed E-state index contributed by atoms with van der Waals surface area (Å²) in [6.45, 7) is 0. The number of hydrogen-bond donors (Lipinski definition) is 0. The molecule has 0 fully saturated rings. The number of fused-ring (bicyclic) bond motifs is 1. The predicted octanol–water partition coefficient (Wildman–Crippen LogP) is 5.08. The largest absolute Gasteiger partial charge is 0.497 e. The van der Waals surface area contributed by atoms with E-state index in [1.54, 1.807) is 42.5 Å². The highest BCUT2D eigenvalue weighted by molar-refractivity contribution is 8.00. The molecule has 3 nitrogen and oxygen atoms in total. The molecule has 1 heterocycles. The van der Waals surface area contributed by atoms with Crippen molar-refractivity contribution in [1.82, 2.24) is 0 Å². The van der Waals surface area contributed by atoms with Crippen LogP contribution in [0.2, 0.25) is 0 Å². The Morgan fingerprint density at radius 2 is 1.79 bits per heavy atom. The smallest absolute Gasteiger partial charge is 0.446 e. The molecule has 0 aliphatic carbocycles. The van der Waals surface area contributed by atoms with Crippen LogP contribution in [0.15, 0.2) is 62.6 Å². The molecule has 2 aromatic carbocycles. The number of hydrogen-bond acceptors (Lipinski definition) is 4. The van der Waals surface area contributed by atoms with Crippen LogP contribution in [-0.4, -0.2) is 12.6 Å². The summed E-state index contributed by atoms with van der Waals surface area (Å²) in [6.07, 6.45) is 0. The molecule has 0 spiro atoms. The third kappa shape index (κ3) is 3.26. The van der Waals surface area contributed by atoms with E-state index in [4.69, 9.17) is 9.15 Å². The lowest BCUT2D eigenvalue weighted by atomic mass is 10.0. The maximum atomic E-state index is 12.9. The summed E-state index contributed by atoms with van der Waals surface area (Å²) in [4.78, 5) is 11.7. The highest BCUT2D eigenvalue weighted by Gasteiger charge is 2.33. The summed E-state index contributed by atoms with van der Waals surface area (Å²) >= 11 is -0.464. The topological polar surface area (TPSA) is 39.4 Å². The lowest BCUT2D eigenvalue weighted by Crippen LogP contribution is -2.10. The van der Waals surface area contributed by atoms with Crippen molar-refractivity contribution in [1.29, 1.82) is 0 Å². The van der Waals surface area contributed by atoms with Gasteiger partial charge in [-0.25, -0.2) is 4.79 Å². The molecule has 0 atom stereocenters. The molecule has 0 aliphatic heterocycles. The molecule has 3 rings (SSSR count). The first kappa shape index (κ1) is 16.4. The molecule has 0 aliphatic rings. The van der Waals surface area contributed by atoms with Gasteiger partial charge in [0.05, 0.1) is 7.11 Å². The van der Waals surface area contributed by atoms with Gasteiger partial charge >= 0.3 is 11.1 Å². The number of alkyl halides is 3. The second-order valence-corrected chi connectivity index (χ2v) is 5.94. The second kappa shape index (κ2) is 6.24. The van der Waals surface area contributed by atoms with E-state index in [1.807, 2.05) is 0 Å². The van der Waals surface area contributed by atoms with Gasteiger partial charge in [-0.3, -0.25) is 0 Å². The average Bonchev–Trinajstić information content (AvgIpc) is 2.54. The molecule has 124 valence electrons. The van der Waals surface area contributed by atoms with Gasteiger partial charge in [-0.05, 0) is 29.5 Å². The molecular weight excluding hydrogens is 341 g/mol. The van der Waals surface area contributed by atoms with Crippen molar-refractivity contribution in [3.8, 4) is 16.9 Å². The SMILES string of the molecule is COc1ccc2c(-c3ccccc3)c(SC(F)(F)F)c(=O)oc2c1. The summed E-state index contributed by atoms with van der Waals surface area (Å²) in [6, 6.07) is 13.1. The zero-order valence-corrected chi connectivity index (χ0v) is 13.2. The number of benzene rings is 2. The molecule has 0 bridgehead atoms. The van der Waals surface area contributed by atoms with E-state index >= 15 is 0 Å². The fourth-order valence-electron chi connectivity index (χ4n) is 2.39. The van der Waals surface area contributed by atoms with Gasteiger partial charge in [-0.1, -0.05) is 30.3 Å². The molecule has 7 heteroatoms. The van der Waals surface area contributed by atoms with Crippen molar-refractivity contribution < 1.29 is 22.3 Å². The van der Waals surface area contributed by atoms with Crippen molar-refractivity contribution in [2.45, 2.75) is 10.4 Å². The van der Waals surface area contributed by atoms with E-state index in [9.17, 15) is 18.0 Å². The van der Waals surface area contributed by atoms with Gasteiger partial charge in [0.15, 0.2) is 0 Å². The van der Waals surface area contributed by atoms with Crippen LogP contribution in [0.4, 0.5) is 13.2 Å². The zero-order chi connectivity index (χ0) is 17.3. The Balaban J connectivity index is 2.37. The fraction of sp³-hybridized carbons (Fsp3) is 0.118. The fourth-order valence-corrected chi connectivity index (χ4v) is 3.08. The van der Waals surface area contributed by atoms with E-state index in [-0.39, 0.29) is 11.1 Å². The highest BCUT2D eigenvalue weighted by atomic mass is 32.2. The molecule has 0 radical (unpaired) electrons. The van der Waals surface area contributed by atoms with Gasteiger partial charge in [0.25, 0.3) is 0 Å². The Labute approximate surface area is 139 Å². The molecule has 0 unspecified atom stereocenters. The van der Waals surface area contributed by atoms with Crippen LogP contribution in [0.3, 0.4) is 0 Å². The van der Waals surface area contributed by atoms with Crippen molar-refractivity contribution >= 4 is 22.7 Å². The lowest BCUT2D eigenvalue weighted by Gasteiger charge is -2.13. The third-order valence-electron chi connectivity index (χ3n) is 3.35. The van der Waals surface area contributed by atoms with E-state index in [0.717, 1.165) is 0 Å². The van der Waals surface area contributed by atoms with Crippen LogP contribution in [0.25, 0.3) is 22.1 Å². The Morgan fingerprint density at radius 1 is 1.08 bits per heavy atom. The van der Waals surface area contributed by atoms with Crippen LogP contribution in [0, 0.1) is 0 Å². The Morgan fingerprint density at radius 3 is 2.42 bits per heavy atom. The Kier molecular flexibility index (Phi) is 4.28. The van der Waals surface area contributed by atoms with Crippen LogP contribution in [-0.2, 0) is 0 Å². The van der Waals surface area contributed by atoms with E-state index < -0.39 is 27.8 Å². The monoisotopic (exact) mass is 352 g/mol. The van der Waals surface area contributed by atoms with E-state index in [1.165, 1.54) is 13.2 Å². The third-order valence-corrected chi connectivity index (χ3v) is 4.16. The summed E-state index contributed by atoms with van der Waals surface area (Å²) in [5.41, 5.74) is -4.75. The van der Waals surface area contributed by atoms with Gasteiger partial charge in [0.1, 0.15) is 16.2 Å².